The van der Waals surface area contributed by atoms with Crippen LogP contribution in [0.1, 0.15) is 31.2 Å². The smallest absolute Gasteiger partial charge is 0.246 e. The molecule has 0 radical (unpaired) electrons. The highest BCUT2D eigenvalue weighted by atomic mass is 35.5. The van der Waals surface area contributed by atoms with E-state index in [1.165, 1.54) is 18.5 Å². The fourth-order valence-corrected chi connectivity index (χ4v) is 6.32. The molecule has 2 amide bonds. The lowest BCUT2D eigenvalue weighted by atomic mass is 9.94. The van der Waals surface area contributed by atoms with E-state index < -0.39 is 5.82 Å². The molecule has 5 rings (SSSR count). The Hall–Kier alpha value is -3.08. The van der Waals surface area contributed by atoms with Crippen molar-refractivity contribution >= 4 is 56.5 Å². The van der Waals surface area contributed by atoms with E-state index in [1.54, 1.807) is 23.5 Å². The fourth-order valence-electron chi connectivity index (χ4n) is 4.94. The van der Waals surface area contributed by atoms with E-state index in [0.29, 0.717) is 50.6 Å². The maximum atomic E-state index is 13.6. The Morgan fingerprint density at radius 3 is 2.62 bits per heavy atom. The summed E-state index contributed by atoms with van der Waals surface area (Å²) in [5, 5.41) is 4.22. The van der Waals surface area contributed by atoms with E-state index in [2.05, 4.69) is 20.2 Å². The highest BCUT2D eigenvalue weighted by molar-refractivity contribution is 7.19. The molecule has 8 nitrogen and oxygen atoms in total. The normalized spacial score (nSPS) is 16.6. The van der Waals surface area contributed by atoms with Crippen LogP contribution in [0.2, 0.25) is 5.02 Å². The van der Waals surface area contributed by atoms with Gasteiger partial charge in [-0.1, -0.05) is 38.4 Å². The van der Waals surface area contributed by atoms with Crippen molar-refractivity contribution in [2.75, 3.05) is 44.6 Å². The zero-order valence-electron chi connectivity index (χ0n) is 22.3. The molecular weight excluding hydrogens is 539 g/mol. The standard InChI is InChI=1S/C28H32ClFN6O2S/c1-28(2,3)27(38)35-13-11-34(12-14-35)9-4-5-23(37)36-10-8-19-22(16-36)39-26-24(19)25(31-17-32-26)33-18-6-7-21(30)20(29)15-18/h4-7,15,17H,8-14,16H2,1-3H3,(H,31,32,33)/b5-4+. The first-order chi connectivity index (χ1) is 18.6. The van der Waals surface area contributed by atoms with Crippen LogP contribution in [-0.4, -0.2) is 75.8 Å². The number of aromatic nitrogens is 2. The number of fused-ring (bicyclic) bond motifs is 3. The van der Waals surface area contributed by atoms with Crippen molar-refractivity contribution in [3.63, 3.8) is 0 Å². The molecule has 0 aliphatic carbocycles. The summed E-state index contributed by atoms with van der Waals surface area (Å²) in [5.41, 5.74) is 1.42. The maximum absolute atomic E-state index is 13.6. The van der Waals surface area contributed by atoms with Crippen molar-refractivity contribution in [3.8, 4) is 0 Å². The second-order valence-corrected chi connectivity index (χ2v) is 12.4. The first-order valence-corrected chi connectivity index (χ1v) is 14.2. The summed E-state index contributed by atoms with van der Waals surface area (Å²) in [6.45, 7) is 10.7. The maximum Gasteiger partial charge on any atom is 0.246 e. The fraction of sp³-hybridized carbons (Fsp3) is 0.429. The van der Waals surface area contributed by atoms with Crippen molar-refractivity contribution in [3.05, 3.63) is 58.0 Å². The zero-order valence-corrected chi connectivity index (χ0v) is 23.9. The molecule has 3 aromatic rings. The Morgan fingerprint density at radius 1 is 1.13 bits per heavy atom. The summed E-state index contributed by atoms with van der Waals surface area (Å²) in [4.78, 5) is 42.3. The summed E-state index contributed by atoms with van der Waals surface area (Å²) in [6, 6.07) is 4.46. The lowest BCUT2D eigenvalue weighted by Crippen LogP contribution is -2.51. The Morgan fingerprint density at radius 2 is 1.90 bits per heavy atom. The van der Waals surface area contributed by atoms with Gasteiger partial charge in [0, 0.05) is 61.3 Å². The highest BCUT2D eigenvalue weighted by Crippen LogP contribution is 2.38. The number of halogens is 2. The van der Waals surface area contributed by atoms with Crippen LogP contribution in [0.15, 0.2) is 36.7 Å². The molecule has 1 saturated heterocycles. The molecule has 4 heterocycles. The Balaban J connectivity index is 1.20. The molecule has 206 valence electrons. The summed E-state index contributed by atoms with van der Waals surface area (Å²) < 4.78 is 13.6. The number of hydrogen-bond acceptors (Lipinski definition) is 7. The van der Waals surface area contributed by atoms with E-state index in [1.807, 2.05) is 36.6 Å². The third-order valence-electron chi connectivity index (χ3n) is 7.06. The van der Waals surface area contributed by atoms with Gasteiger partial charge in [0.2, 0.25) is 11.8 Å². The van der Waals surface area contributed by atoms with Crippen molar-refractivity contribution in [1.82, 2.24) is 24.7 Å². The van der Waals surface area contributed by atoms with Gasteiger partial charge in [0.05, 0.1) is 17.0 Å². The van der Waals surface area contributed by atoms with Crippen molar-refractivity contribution in [2.24, 2.45) is 5.41 Å². The predicted octanol–water partition coefficient (Wildman–Crippen LogP) is 4.86. The number of anilines is 2. The minimum atomic E-state index is -0.475. The molecule has 0 bridgehead atoms. The second kappa shape index (κ2) is 11.2. The monoisotopic (exact) mass is 570 g/mol. The minimum absolute atomic E-state index is 0.00922. The highest BCUT2D eigenvalue weighted by Gasteiger charge is 2.29. The second-order valence-electron chi connectivity index (χ2n) is 10.9. The van der Waals surface area contributed by atoms with Crippen LogP contribution in [0.5, 0.6) is 0 Å². The van der Waals surface area contributed by atoms with Gasteiger partial charge in [0.25, 0.3) is 0 Å². The number of thiophene rings is 1. The first kappa shape index (κ1) is 27.5. The van der Waals surface area contributed by atoms with Gasteiger partial charge in [0.1, 0.15) is 22.8 Å². The molecule has 1 aromatic carbocycles. The number of carbonyl (C=O) groups excluding carboxylic acids is 2. The molecule has 1 N–H and O–H groups in total. The Bertz CT molecular complexity index is 1430. The summed E-state index contributed by atoms with van der Waals surface area (Å²) in [5.74, 6) is 0.346. The summed E-state index contributed by atoms with van der Waals surface area (Å²) >= 11 is 7.51. The molecular formula is C28H32ClFN6O2S. The number of carbonyl (C=O) groups is 2. The summed E-state index contributed by atoms with van der Waals surface area (Å²) in [7, 11) is 0. The van der Waals surface area contributed by atoms with Gasteiger partial charge >= 0.3 is 0 Å². The lowest BCUT2D eigenvalue weighted by Gasteiger charge is -2.37. The molecule has 0 spiro atoms. The van der Waals surface area contributed by atoms with Crippen LogP contribution in [0.3, 0.4) is 0 Å². The third kappa shape index (κ3) is 6.08. The predicted molar refractivity (Wildman–Crippen MR) is 153 cm³/mol. The Labute approximate surface area is 236 Å². The van der Waals surface area contributed by atoms with E-state index in [9.17, 15) is 14.0 Å². The van der Waals surface area contributed by atoms with Gasteiger partial charge in [-0.05, 0) is 30.2 Å². The SMILES string of the molecule is CC(C)(C)C(=O)N1CCN(C/C=C/C(=O)N2CCc3c(sc4ncnc(Nc5ccc(F)c(Cl)c5)c34)C2)CC1. The van der Waals surface area contributed by atoms with E-state index >= 15 is 0 Å². The number of nitrogens with one attached hydrogen (secondary N) is 1. The topological polar surface area (TPSA) is 81.7 Å². The largest absolute Gasteiger partial charge is 0.340 e. The van der Waals surface area contributed by atoms with Crippen LogP contribution < -0.4 is 5.32 Å². The van der Waals surface area contributed by atoms with Gasteiger partial charge in [-0.2, -0.15) is 0 Å². The molecule has 0 unspecified atom stereocenters. The third-order valence-corrected chi connectivity index (χ3v) is 8.47. The van der Waals surface area contributed by atoms with Gasteiger partial charge < -0.3 is 15.1 Å². The number of amides is 2. The van der Waals surface area contributed by atoms with Gasteiger partial charge in [0.15, 0.2) is 0 Å². The number of benzene rings is 1. The van der Waals surface area contributed by atoms with Crippen LogP contribution in [-0.2, 0) is 22.6 Å². The molecule has 2 aromatic heterocycles. The number of piperazine rings is 1. The number of hydrogen-bond donors (Lipinski definition) is 1. The zero-order chi connectivity index (χ0) is 27.7. The van der Waals surface area contributed by atoms with E-state index in [-0.39, 0.29) is 22.3 Å². The van der Waals surface area contributed by atoms with Crippen molar-refractivity contribution < 1.29 is 14.0 Å². The molecule has 11 heteroatoms. The van der Waals surface area contributed by atoms with Gasteiger partial charge in [-0.15, -0.1) is 11.3 Å². The quantitative estimate of drug-likeness (QED) is 0.441. The Kier molecular flexibility index (Phi) is 7.89. The molecule has 0 atom stereocenters. The first-order valence-electron chi connectivity index (χ1n) is 13.0. The number of rotatable bonds is 5. The van der Waals surface area contributed by atoms with Crippen LogP contribution in [0.25, 0.3) is 10.2 Å². The molecule has 2 aliphatic rings. The van der Waals surface area contributed by atoms with Crippen LogP contribution in [0.4, 0.5) is 15.9 Å². The van der Waals surface area contributed by atoms with Crippen molar-refractivity contribution in [1.29, 1.82) is 0 Å². The van der Waals surface area contributed by atoms with E-state index in [4.69, 9.17) is 11.6 Å². The molecule has 1 fully saturated rings. The minimum Gasteiger partial charge on any atom is -0.340 e. The number of nitrogens with zero attached hydrogens (tertiary/aromatic N) is 5. The van der Waals surface area contributed by atoms with Gasteiger partial charge in [-0.25, -0.2) is 14.4 Å². The van der Waals surface area contributed by atoms with Gasteiger partial charge in [-0.3, -0.25) is 14.5 Å². The van der Waals surface area contributed by atoms with Crippen LogP contribution in [0, 0.1) is 11.2 Å². The van der Waals surface area contributed by atoms with Crippen molar-refractivity contribution in [2.45, 2.75) is 33.7 Å². The molecule has 39 heavy (non-hydrogen) atoms. The average molecular weight is 571 g/mol. The average Bonchev–Trinajstić information content (AvgIpc) is 3.29. The van der Waals surface area contributed by atoms with Crippen LogP contribution >= 0.6 is 22.9 Å². The summed E-state index contributed by atoms with van der Waals surface area (Å²) in [6.07, 6.45) is 5.79. The molecule has 2 aliphatic heterocycles. The molecule has 0 saturated carbocycles. The lowest BCUT2D eigenvalue weighted by molar-refractivity contribution is -0.141. The van der Waals surface area contributed by atoms with E-state index in [0.717, 1.165) is 33.7 Å².